The van der Waals surface area contributed by atoms with Crippen molar-refractivity contribution in [2.45, 2.75) is 103 Å². The molecular formula is C68H64N2. The largest absolute Gasteiger partial charge is 0.309 e. The quantitative estimate of drug-likeness (QED) is 0.126. The molecule has 0 radical (unpaired) electrons. The Morgan fingerprint density at radius 1 is 0.371 bits per heavy atom. The summed E-state index contributed by atoms with van der Waals surface area (Å²) in [5, 5.41) is 7.73. The zero-order valence-corrected chi connectivity index (χ0v) is 41.6. The Bertz CT molecular complexity index is 3290. The molecule has 0 heterocycles. The van der Waals surface area contributed by atoms with E-state index >= 15 is 0 Å². The second kappa shape index (κ2) is 18.0. The first kappa shape index (κ1) is 44.1. The molecule has 2 aliphatic rings. The summed E-state index contributed by atoms with van der Waals surface area (Å²) in [7, 11) is 0. The molecular weight excluding hydrogens is 845 g/mol. The van der Waals surface area contributed by atoms with Gasteiger partial charge in [0.1, 0.15) is 0 Å². The van der Waals surface area contributed by atoms with E-state index in [-0.39, 0.29) is 5.41 Å². The summed E-state index contributed by atoms with van der Waals surface area (Å²) in [5.74, 6) is 1.16. The Morgan fingerprint density at radius 3 is 1.24 bits per heavy atom. The summed E-state index contributed by atoms with van der Waals surface area (Å²) in [6, 6.07) is 72.2. The van der Waals surface area contributed by atoms with Crippen LogP contribution in [0.25, 0.3) is 54.6 Å². The molecule has 2 heteroatoms. The van der Waals surface area contributed by atoms with E-state index in [2.05, 4.69) is 232 Å². The van der Waals surface area contributed by atoms with Gasteiger partial charge in [-0.05, 0) is 165 Å². The first-order chi connectivity index (χ1) is 34.2. The Kier molecular flexibility index (Phi) is 11.3. The molecule has 10 aromatic rings. The fraction of sp³-hybridized carbons (Fsp3) is 0.235. The number of nitrogens with zero attached hydrogens (tertiary/aromatic N) is 2. The van der Waals surface area contributed by atoms with E-state index in [9.17, 15) is 0 Å². The third kappa shape index (κ3) is 8.02. The SMILES string of the molecule is Cc1ccc(-c2ccccc2)cc1N(c1cccc(C2CCCC2)c1)c1cc(N(c2cccc(C3CCCC3)c2)c2cc(-c3ccccc3)ccc2C)c2ccc3cc(C(C)(C)C)cc4ccc1c2c43. The molecule has 346 valence electrons. The Labute approximate surface area is 415 Å². The van der Waals surface area contributed by atoms with Gasteiger partial charge in [-0.15, -0.1) is 0 Å². The maximum Gasteiger partial charge on any atom is 0.0561 e. The van der Waals surface area contributed by atoms with Crippen LogP contribution in [0.5, 0.6) is 0 Å². The van der Waals surface area contributed by atoms with Crippen molar-refractivity contribution in [2.75, 3.05) is 9.80 Å². The highest BCUT2D eigenvalue weighted by atomic mass is 15.2. The van der Waals surface area contributed by atoms with Crippen LogP contribution in [0.3, 0.4) is 0 Å². The van der Waals surface area contributed by atoms with Gasteiger partial charge in [-0.2, -0.15) is 0 Å². The molecule has 0 spiro atoms. The van der Waals surface area contributed by atoms with Crippen LogP contribution >= 0.6 is 0 Å². The van der Waals surface area contributed by atoms with Crippen molar-refractivity contribution < 1.29 is 0 Å². The summed E-state index contributed by atoms with van der Waals surface area (Å²) >= 11 is 0. The van der Waals surface area contributed by atoms with E-state index < -0.39 is 0 Å². The van der Waals surface area contributed by atoms with Gasteiger partial charge in [-0.1, -0.05) is 192 Å². The Balaban J connectivity index is 1.20. The lowest BCUT2D eigenvalue weighted by atomic mass is 9.83. The first-order valence-corrected chi connectivity index (χ1v) is 26.0. The minimum atomic E-state index is 0.00559. The third-order valence-electron chi connectivity index (χ3n) is 16.0. The predicted octanol–water partition coefficient (Wildman–Crippen LogP) is 20.1. The molecule has 0 unspecified atom stereocenters. The van der Waals surface area contributed by atoms with Crippen LogP contribution in [0.1, 0.15) is 112 Å². The summed E-state index contributed by atoms with van der Waals surface area (Å²) in [4.78, 5) is 5.24. The molecule has 12 rings (SSSR count). The maximum absolute atomic E-state index is 2.62. The summed E-state index contributed by atoms with van der Waals surface area (Å²) in [6.07, 6.45) is 10.2. The Morgan fingerprint density at radius 2 is 0.814 bits per heavy atom. The second-order valence-corrected chi connectivity index (χ2v) is 21.6. The van der Waals surface area contributed by atoms with Crippen molar-refractivity contribution >= 4 is 66.4 Å². The number of benzene rings is 10. The maximum atomic E-state index is 2.62. The molecule has 0 bridgehead atoms. The zero-order chi connectivity index (χ0) is 47.5. The number of hydrogen-bond acceptors (Lipinski definition) is 2. The highest BCUT2D eigenvalue weighted by Gasteiger charge is 2.29. The van der Waals surface area contributed by atoms with Crippen LogP contribution in [0.15, 0.2) is 188 Å². The lowest BCUT2D eigenvalue weighted by Gasteiger charge is -2.34. The van der Waals surface area contributed by atoms with Gasteiger partial charge >= 0.3 is 0 Å². The smallest absolute Gasteiger partial charge is 0.0561 e. The van der Waals surface area contributed by atoms with Gasteiger partial charge < -0.3 is 9.80 Å². The molecule has 0 aromatic heterocycles. The standard InChI is InChI=1S/C68H64N2/c1-45-30-32-53(49-18-8-6-9-19-49)42-62(45)69(58-28-16-26-51(40-58)47-22-12-13-23-47)64-44-65(61-37-35-56-39-57(68(3,4)5)38-55-34-36-60(64)67(61)66(55)56)70(59-29-17-27-52(41-59)48-24-14-15-25-48)63-43-54(33-31-46(63)2)50-20-10-7-11-21-50/h6-11,16-21,26-44,47-48H,12-15,22-25H2,1-5H3. The van der Waals surface area contributed by atoms with E-state index in [0.29, 0.717) is 11.8 Å². The van der Waals surface area contributed by atoms with Crippen molar-refractivity contribution in [3.63, 3.8) is 0 Å². The fourth-order valence-corrected chi connectivity index (χ4v) is 12.2. The van der Waals surface area contributed by atoms with Gasteiger partial charge in [0.15, 0.2) is 0 Å². The van der Waals surface area contributed by atoms with Crippen molar-refractivity contribution in [1.82, 2.24) is 0 Å². The van der Waals surface area contributed by atoms with Gasteiger partial charge in [0.05, 0.1) is 11.4 Å². The average Bonchev–Trinajstić information content (AvgIpc) is 4.15. The van der Waals surface area contributed by atoms with Crippen molar-refractivity contribution in [3.8, 4) is 22.3 Å². The topological polar surface area (TPSA) is 6.48 Å². The summed E-state index contributed by atoms with van der Waals surface area (Å²) in [6.45, 7) is 11.6. The molecule has 0 saturated heterocycles. The van der Waals surface area contributed by atoms with Crippen LogP contribution in [0.2, 0.25) is 0 Å². The molecule has 0 aliphatic heterocycles. The minimum absolute atomic E-state index is 0.00559. The fourth-order valence-electron chi connectivity index (χ4n) is 12.2. The third-order valence-corrected chi connectivity index (χ3v) is 16.0. The second-order valence-electron chi connectivity index (χ2n) is 21.6. The number of hydrogen-bond donors (Lipinski definition) is 0. The van der Waals surface area contributed by atoms with E-state index in [1.165, 1.54) is 168 Å². The normalized spacial score (nSPS) is 14.6. The van der Waals surface area contributed by atoms with Gasteiger partial charge in [0.2, 0.25) is 0 Å². The predicted molar refractivity (Wildman–Crippen MR) is 301 cm³/mol. The minimum Gasteiger partial charge on any atom is -0.309 e. The van der Waals surface area contributed by atoms with Gasteiger partial charge in [-0.3, -0.25) is 0 Å². The molecule has 2 nitrogen and oxygen atoms in total. The number of aryl methyl sites for hydroxylation is 2. The average molecular weight is 909 g/mol. The monoisotopic (exact) mass is 909 g/mol. The van der Waals surface area contributed by atoms with Gasteiger partial charge in [0, 0.05) is 38.9 Å². The van der Waals surface area contributed by atoms with Crippen LogP contribution in [-0.2, 0) is 5.41 Å². The lowest BCUT2D eigenvalue weighted by molar-refractivity contribution is 0.591. The van der Waals surface area contributed by atoms with Crippen LogP contribution in [0.4, 0.5) is 34.1 Å². The van der Waals surface area contributed by atoms with Crippen molar-refractivity contribution in [1.29, 1.82) is 0 Å². The van der Waals surface area contributed by atoms with Crippen molar-refractivity contribution in [3.05, 3.63) is 216 Å². The molecule has 10 aromatic carbocycles. The summed E-state index contributed by atoms with van der Waals surface area (Å²) < 4.78 is 0. The highest BCUT2D eigenvalue weighted by molar-refractivity contribution is 6.29. The van der Waals surface area contributed by atoms with Crippen LogP contribution in [0, 0.1) is 13.8 Å². The molecule has 0 N–H and O–H groups in total. The molecule has 70 heavy (non-hydrogen) atoms. The first-order valence-electron chi connectivity index (χ1n) is 26.0. The van der Waals surface area contributed by atoms with E-state index in [1.807, 2.05) is 0 Å². The van der Waals surface area contributed by atoms with E-state index in [0.717, 1.165) is 0 Å². The van der Waals surface area contributed by atoms with E-state index in [1.54, 1.807) is 0 Å². The summed E-state index contributed by atoms with van der Waals surface area (Å²) in [5.41, 5.74) is 18.7. The molecule has 2 saturated carbocycles. The molecule has 0 amide bonds. The molecule has 2 aliphatic carbocycles. The van der Waals surface area contributed by atoms with Crippen molar-refractivity contribution in [2.24, 2.45) is 0 Å². The van der Waals surface area contributed by atoms with Crippen LogP contribution in [-0.4, -0.2) is 0 Å². The number of rotatable bonds is 10. The molecule has 2 fully saturated rings. The number of anilines is 6. The van der Waals surface area contributed by atoms with Crippen LogP contribution < -0.4 is 9.80 Å². The van der Waals surface area contributed by atoms with Gasteiger partial charge in [-0.25, -0.2) is 0 Å². The van der Waals surface area contributed by atoms with E-state index in [4.69, 9.17) is 0 Å². The van der Waals surface area contributed by atoms with Gasteiger partial charge in [0.25, 0.3) is 0 Å². The molecule has 0 atom stereocenters. The highest BCUT2D eigenvalue weighted by Crippen LogP contribution is 2.53. The zero-order valence-electron chi connectivity index (χ0n) is 41.6. The lowest BCUT2D eigenvalue weighted by Crippen LogP contribution is -2.16. The Hall–Kier alpha value is -7.16.